The third-order valence-electron chi connectivity index (χ3n) is 5.06. The highest BCUT2D eigenvalue weighted by molar-refractivity contribution is 7.91. The van der Waals surface area contributed by atoms with Crippen molar-refractivity contribution in [2.24, 2.45) is 0 Å². The van der Waals surface area contributed by atoms with Crippen LogP contribution < -0.4 is 4.90 Å². The first kappa shape index (κ1) is 22.8. The summed E-state index contributed by atoms with van der Waals surface area (Å²) < 4.78 is 29.3. The number of carbonyl (C=O) groups excluding carboxylic acids is 1. The van der Waals surface area contributed by atoms with E-state index in [4.69, 9.17) is 4.74 Å². The molecule has 0 N–H and O–H groups in total. The Balaban J connectivity index is 1.72. The monoisotopic (exact) mass is 410 g/mol. The van der Waals surface area contributed by atoms with E-state index in [1.165, 1.54) is 0 Å². The number of nitrogens with zero attached hydrogens (tertiary/aromatic N) is 2. The maximum Gasteiger partial charge on any atom is 0.152 e. The minimum atomic E-state index is -2.97. The number of hydrogen-bond donors (Lipinski definition) is 0. The summed E-state index contributed by atoms with van der Waals surface area (Å²) >= 11 is 0. The number of rotatable bonds is 10. The molecule has 0 spiro atoms. The molecule has 1 saturated heterocycles. The molecule has 1 aliphatic rings. The number of hydrogen-bond acceptors (Lipinski definition) is 6. The number of unbranched alkanes of at least 4 members (excludes halogenated alkanes) is 2. The highest BCUT2D eigenvalue weighted by Crippen LogP contribution is 2.19. The van der Waals surface area contributed by atoms with Gasteiger partial charge in [0.1, 0.15) is 11.6 Å². The van der Waals surface area contributed by atoms with Crippen LogP contribution in [0.3, 0.4) is 0 Å². The summed E-state index contributed by atoms with van der Waals surface area (Å²) in [7, 11) is -2.97. The van der Waals surface area contributed by atoms with E-state index in [0.717, 1.165) is 37.3 Å². The molecule has 1 aliphatic heterocycles. The first-order valence-electron chi connectivity index (χ1n) is 10.3. The van der Waals surface area contributed by atoms with E-state index in [-0.39, 0.29) is 29.0 Å². The van der Waals surface area contributed by atoms with E-state index in [9.17, 15) is 13.2 Å². The van der Waals surface area contributed by atoms with Crippen LogP contribution in [-0.4, -0.2) is 55.5 Å². The van der Waals surface area contributed by atoms with Gasteiger partial charge in [-0.1, -0.05) is 12.5 Å². The van der Waals surface area contributed by atoms with Gasteiger partial charge in [-0.15, -0.1) is 0 Å². The molecule has 0 amide bonds. The van der Waals surface area contributed by atoms with Crippen LogP contribution in [0, 0.1) is 0 Å². The number of anilines is 1. The van der Waals surface area contributed by atoms with E-state index in [1.54, 1.807) is 20.0 Å². The number of carbonyl (C=O) groups is 1. The summed E-state index contributed by atoms with van der Waals surface area (Å²) in [6.45, 7) is 9.18. The van der Waals surface area contributed by atoms with Crippen molar-refractivity contribution in [3.63, 3.8) is 0 Å². The summed E-state index contributed by atoms with van der Waals surface area (Å²) in [6.07, 6.45) is 5.15. The van der Waals surface area contributed by atoms with Crippen LogP contribution in [0.25, 0.3) is 0 Å². The molecule has 28 heavy (non-hydrogen) atoms. The molecule has 0 aromatic carbocycles. The Labute approximate surface area is 169 Å². The van der Waals surface area contributed by atoms with Gasteiger partial charge in [-0.2, -0.15) is 0 Å². The summed E-state index contributed by atoms with van der Waals surface area (Å²) in [4.78, 5) is 18.9. The second kappa shape index (κ2) is 10.3. The van der Waals surface area contributed by atoms with Gasteiger partial charge in [0, 0.05) is 32.1 Å². The van der Waals surface area contributed by atoms with Gasteiger partial charge in [-0.05, 0) is 52.2 Å². The number of morpholine rings is 1. The molecule has 2 atom stereocenters. The number of sulfone groups is 1. The van der Waals surface area contributed by atoms with Crippen LogP contribution in [0.2, 0.25) is 0 Å². The van der Waals surface area contributed by atoms with Crippen LogP contribution >= 0.6 is 0 Å². The lowest BCUT2D eigenvalue weighted by Crippen LogP contribution is -2.45. The van der Waals surface area contributed by atoms with Gasteiger partial charge in [0.25, 0.3) is 0 Å². The maximum absolute atomic E-state index is 12.2. The van der Waals surface area contributed by atoms with Crippen LogP contribution in [0.4, 0.5) is 5.82 Å². The van der Waals surface area contributed by atoms with Crippen molar-refractivity contribution in [2.75, 3.05) is 23.7 Å². The largest absolute Gasteiger partial charge is 0.372 e. The van der Waals surface area contributed by atoms with Gasteiger partial charge in [0.2, 0.25) is 0 Å². The average Bonchev–Trinajstić information content (AvgIpc) is 2.61. The number of ketones is 1. The van der Waals surface area contributed by atoms with E-state index >= 15 is 0 Å². The molecule has 1 aromatic rings. The van der Waals surface area contributed by atoms with Crippen molar-refractivity contribution in [1.82, 2.24) is 4.98 Å². The molecule has 0 saturated carbocycles. The zero-order valence-electron chi connectivity index (χ0n) is 17.6. The van der Waals surface area contributed by atoms with Crippen LogP contribution in [0.1, 0.15) is 58.9 Å². The zero-order valence-corrected chi connectivity index (χ0v) is 18.4. The lowest BCUT2D eigenvalue weighted by atomic mass is 10.1. The Morgan fingerprint density at radius 3 is 2.43 bits per heavy atom. The molecule has 1 fully saturated rings. The van der Waals surface area contributed by atoms with Crippen LogP contribution in [-0.2, 0) is 25.8 Å². The van der Waals surface area contributed by atoms with Crippen molar-refractivity contribution < 1.29 is 17.9 Å². The molecule has 0 unspecified atom stereocenters. The Morgan fingerprint density at radius 1 is 1.18 bits per heavy atom. The molecular formula is C21H34N2O4S. The minimum Gasteiger partial charge on any atom is -0.372 e. The maximum atomic E-state index is 12.2. The van der Waals surface area contributed by atoms with Crippen molar-refractivity contribution in [1.29, 1.82) is 0 Å². The fraction of sp³-hybridized carbons (Fsp3) is 0.714. The average molecular weight is 411 g/mol. The molecular weight excluding hydrogens is 376 g/mol. The molecule has 0 bridgehead atoms. The molecule has 158 valence electrons. The Bertz CT molecular complexity index is 721. The smallest absolute Gasteiger partial charge is 0.152 e. The summed E-state index contributed by atoms with van der Waals surface area (Å²) in [5.41, 5.74) is 0.922. The Kier molecular flexibility index (Phi) is 8.43. The summed E-state index contributed by atoms with van der Waals surface area (Å²) in [6, 6.07) is 3.95. The summed E-state index contributed by atoms with van der Waals surface area (Å²) in [5, 5.41) is -0.325. The normalized spacial score (nSPS) is 20.5. The standard InChI is InChI=1S/C21H34N2O4S/c1-16(2)28(25,26)11-7-5-6-8-20(24)12-19-9-10-21(22-13-19)23-14-17(3)27-18(4)15-23/h9-10,13,16-18H,5-8,11-12,14-15H2,1-4H3/t17-,18+. The predicted molar refractivity (Wildman–Crippen MR) is 113 cm³/mol. The topological polar surface area (TPSA) is 76.6 Å². The molecule has 6 nitrogen and oxygen atoms in total. The number of aromatic nitrogens is 1. The minimum absolute atomic E-state index is 0.176. The lowest BCUT2D eigenvalue weighted by molar-refractivity contribution is -0.118. The third kappa shape index (κ3) is 7.17. The fourth-order valence-corrected chi connectivity index (χ4v) is 4.51. The Hall–Kier alpha value is -1.47. The van der Waals surface area contributed by atoms with Gasteiger partial charge < -0.3 is 9.64 Å². The fourth-order valence-electron chi connectivity index (χ4n) is 3.43. The molecule has 1 aromatic heterocycles. The SMILES string of the molecule is CC(C)S(=O)(=O)CCCCCC(=O)Cc1ccc(N2C[C@@H](C)O[C@@H](C)C2)nc1. The molecule has 2 rings (SSSR count). The molecule has 0 radical (unpaired) electrons. The van der Waals surface area contributed by atoms with Crippen molar-refractivity contribution >= 4 is 21.4 Å². The van der Waals surface area contributed by atoms with Crippen LogP contribution in [0.15, 0.2) is 18.3 Å². The van der Waals surface area contributed by atoms with Gasteiger partial charge in [0.15, 0.2) is 9.84 Å². The first-order chi connectivity index (χ1) is 13.2. The van der Waals surface area contributed by atoms with Gasteiger partial charge in [-0.3, -0.25) is 4.79 Å². The second-order valence-electron chi connectivity index (χ2n) is 8.13. The van der Waals surface area contributed by atoms with Gasteiger partial charge >= 0.3 is 0 Å². The van der Waals surface area contributed by atoms with E-state index in [1.807, 2.05) is 12.1 Å². The number of ether oxygens (including phenoxy) is 1. The predicted octanol–water partition coefficient (Wildman–Crippen LogP) is 3.19. The highest BCUT2D eigenvalue weighted by atomic mass is 32.2. The molecule has 0 aliphatic carbocycles. The lowest BCUT2D eigenvalue weighted by Gasteiger charge is -2.36. The van der Waals surface area contributed by atoms with Gasteiger partial charge in [-0.25, -0.2) is 13.4 Å². The van der Waals surface area contributed by atoms with Crippen molar-refractivity contribution in [2.45, 2.75) is 77.3 Å². The third-order valence-corrected chi connectivity index (χ3v) is 7.35. The van der Waals surface area contributed by atoms with E-state index in [2.05, 4.69) is 23.7 Å². The number of pyridine rings is 1. The number of Topliss-reactive ketones (excluding diaryl/α,β-unsaturated/α-hetero) is 1. The Morgan fingerprint density at radius 2 is 1.86 bits per heavy atom. The molecule has 2 heterocycles. The van der Waals surface area contributed by atoms with E-state index < -0.39 is 9.84 Å². The first-order valence-corrected chi connectivity index (χ1v) is 12.0. The highest BCUT2D eigenvalue weighted by Gasteiger charge is 2.23. The molecule has 7 heteroatoms. The second-order valence-corrected chi connectivity index (χ2v) is 10.8. The summed E-state index contributed by atoms with van der Waals surface area (Å²) in [5.74, 6) is 1.31. The van der Waals surface area contributed by atoms with Crippen molar-refractivity contribution in [3.05, 3.63) is 23.9 Å². The van der Waals surface area contributed by atoms with Crippen molar-refractivity contribution in [3.8, 4) is 0 Å². The quantitative estimate of drug-likeness (QED) is 0.551. The van der Waals surface area contributed by atoms with Gasteiger partial charge in [0.05, 0.1) is 23.2 Å². The van der Waals surface area contributed by atoms with E-state index in [0.29, 0.717) is 19.3 Å². The van der Waals surface area contributed by atoms with Crippen LogP contribution in [0.5, 0.6) is 0 Å². The zero-order chi connectivity index (χ0) is 20.7.